The lowest BCUT2D eigenvalue weighted by Crippen LogP contribution is -2.32. The number of ether oxygens (including phenoxy) is 1. The third-order valence-corrected chi connectivity index (χ3v) is 5.34. The van der Waals surface area contributed by atoms with E-state index in [1.165, 1.54) is 7.11 Å². The van der Waals surface area contributed by atoms with Gasteiger partial charge in [-0.3, -0.25) is 0 Å². The van der Waals surface area contributed by atoms with Crippen LogP contribution in [0.5, 0.6) is 0 Å². The number of rotatable bonds is 3. The number of nitrogens with zero attached hydrogens (tertiary/aromatic N) is 4. The Hall–Kier alpha value is -2.80. The number of pyridine rings is 1. The smallest absolute Gasteiger partial charge is 0.356 e. The molecule has 1 N–H and O–H groups in total. The van der Waals surface area contributed by atoms with E-state index in [0.29, 0.717) is 17.4 Å². The highest BCUT2D eigenvalue weighted by Gasteiger charge is 2.29. The van der Waals surface area contributed by atoms with Gasteiger partial charge in [-0.05, 0) is 43.7 Å². The van der Waals surface area contributed by atoms with Crippen molar-refractivity contribution in [3.05, 3.63) is 46.4 Å². The van der Waals surface area contributed by atoms with Crippen LogP contribution in [0, 0.1) is 6.92 Å². The van der Waals surface area contributed by atoms with Gasteiger partial charge in [0.05, 0.1) is 30.0 Å². The summed E-state index contributed by atoms with van der Waals surface area (Å²) >= 11 is 6.56. The number of fused-ring (bicyclic) bond motifs is 2. The summed E-state index contributed by atoms with van der Waals surface area (Å²) in [6.07, 6.45) is 0.0117. The van der Waals surface area contributed by atoms with Gasteiger partial charge in [0.15, 0.2) is 11.5 Å². The molecule has 1 aromatic carbocycles. The van der Waals surface area contributed by atoms with Crippen LogP contribution in [0.3, 0.4) is 0 Å². The zero-order valence-corrected chi connectivity index (χ0v) is 16.3. The number of benzene rings is 1. The normalized spacial score (nSPS) is 15.7. The fraction of sp³-hybridized carbons (Fsp3) is 0.316. The van der Waals surface area contributed by atoms with E-state index in [2.05, 4.69) is 20.2 Å². The Morgan fingerprint density at radius 3 is 2.85 bits per heavy atom. The molecule has 8 heteroatoms. The SMILES string of the molecule is COC(=O)c1ccc2c(n1)N(Cc1cc3nc(C)n(C)c3cc1Cl)C(C)N2. The molecule has 0 fully saturated rings. The first-order chi connectivity index (χ1) is 12.9. The molecular weight excluding hydrogens is 366 g/mol. The van der Waals surface area contributed by atoms with Gasteiger partial charge in [0.1, 0.15) is 5.82 Å². The van der Waals surface area contributed by atoms with E-state index in [-0.39, 0.29) is 11.9 Å². The second-order valence-corrected chi connectivity index (χ2v) is 7.07. The van der Waals surface area contributed by atoms with Gasteiger partial charge in [-0.25, -0.2) is 14.8 Å². The van der Waals surface area contributed by atoms with Gasteiger partial charge < -0.3 is 19.5 Å². The Kier molecular flexibility index (Phi) is 4.19. The largest absolute Gasteiger partial charge is 0.464 e. The van der Waals surface area contributed by atoms with Gasteiger partial charge in [0.2, 0.25) is 0 Å². The van der Waals surface area contributed by atoms with Crippen LogP contribution in [-0.4, -0.2) is 33.8 Å². The molecular formula is C19H20ClN5O2. The second-order valence-electron chi connectivity index (χ2n) is 6.66. The van der Waals surface area contributed by atoms with Crippen molar-refractivity contribution >= 4 is 40.1 Å². The number of anilines is 2. The predicted octanol–water partition coefficient (Wildman–Crippen LogP) is 3.49. The third-order valence-electron chi connectivity index (χ3n) is 4.99. The first-order valence-corrected chi connectivity index (χ1v) is 9.01. The molecule has 2 aromatic heterocycles. The van der Waals surface area contributed by atoms with Gasteiger partial charge in [-0.2, -0.15) is 0 Å². The highest BCUT2D eigenvalue weighted by Crippen LogP contribution is 2.35. The molecule has 0 saturated heterocycles. The molecule has 3 heterocycles. The zero-order valence-electron chi connectivity index (χ0n) is 15.6. The minimum atomic E-state index is -0.458. The Morgan fingerprint density at radius 1 is 1.33 bits per heavy atom. The second kappa shape index (κ2) is 6.42. The lowest BCUT2D eigenvalue weighted by atomic mass is 10.1. The predicted molar refractivity (Wildman–Crippen MR) is 105 cm³/mol. The van der Waals surface area contributed by atoms with Crippen molar-refractivity contribution in [3.8, 4) is 0 Å². The monoisotopic (exact) mass is 385 g/mol. The van der Waals surface area contributed by atoms with Crippen molar-refractivity contribution < 1.29 is 9.53 Å². The molecule has 1 aliphatic rings. The van der Waals surface area contributed by atoms with Crippen LogP contribution in [0.15, 0.2) is 24.3 Å². The number of methoxy groups -OCH3 is 1. The summed E-state index contributed by atoms with van der Waals surface area (Å²) in [6.45, 7) is 4.55. The standard InChI is InChI=1S/C19H20ClN5O2/c1-10-21-16-7-12(13(20)8-17(16)24(10)3)9-25-11(2)22-14-5-6-15(19(26)27-4)23-18(14)25/h5-8,11,22H,9H2,1-4H3. The average Bonchev–Trinajstić information content (AvgIpc) is 3.11. The average molecular weight is 386 g/mol. The minimum absolute atomic E-state index is 0.0117. The molecule has 1 unspecified atom stereocenters. The minimum Gasteiger partial charge on any atom is -0.464 e. The van der Waals surface area contributed by atoms with Crippen LogP contribution in [0.2, 0.25) is 5.02 Å². The number of carbonyl (C=O) groups is 1. The van der Waals surface area contributed by atoms with Crippen molar-refractivity contribution in [1.29, 1.82) is 0 Å². The first kappa shape index (κ1) is 17.6. The van der Waals surface area contributed by atoms with Crippen molar-refractivity contribution in [3.63, 3.8) is 0 Å². The van der Waals surface area contributed by atoms with Crippen LogP contribution in [0.25, 0.3) is 11.0 Å². The van der Waals surface area contributed by atoms with Crippen LogP contribution >= 0.6 is 11.6 Å². The molecule has 3 aromatic rings. The van der Waals surface area contributed by atoms with E-state index < -0.39 is 5.97 Å². The van der Waals surface area contributed by atoms with Crippen LogP contribution in [0.4, 0.5) is 11.5 Å². The van der Waals surface area contributed by atoms with Gasteiger partial charge >= 0.3 is 5.97 Å². The molecule has 0 amide bonds. The van der Waals surface area contributed by atoms with Crippen LogP contribution in [0.1, 0.15) is 28.8 Å². The number of hydrogen-bond acceptors (Lipinski definition) is 6. The Bertz CT molecular complexity index is 1060. The molecule has 27 heavy (non-hydrogen) atoms. The number of carbonyl (C=O) groups excluding carboxylic acids is 1. The molecule has 0 radical (unpaired) electrons. The maximum atomic E-state index is 11.8. The van der Waals surface area contributed by atoms with E-state index in [1.807, 2.05) is 43.7 Å². The number of halogens is 1. The number of nitrogens with one attached hydrogen (secondary N) is 1. The number of aryl methyl sites for hydroxylation is 2. The highest BCUT2D eigenvalue weighted by molar-refractivity contribution is 6.32. The zero-order chi connectivity index (χ0) is 19.3. The summed E-state index contributed by atoms with van der Waals surface area (Å²) in [5.74, 6) is 1.18. The summed E-state index contributed by atoms with van der Waals surface area (Å²) in [5, 5.41) is 4.05. The maximum absolute atomic E-state index is 11.8. The van der Waals surface area contributed by atoms with E-state index >= 15 is 0 Å². The summed E-state index contributed by atoms with van der Waals surface area (Å²) in [4.78, 5) is 23.0. The molecule has 1 atom stereocenters. The fourth-order valence-corrected chi connectivity index (χ4v) is 3.60. The van der Waals surface area contributed by atoms with E-state index in [9.17, 15) is 4.79 Å². The van der Waals surface area contributed by atoms with Crippen molar-refractivity contribution in [2.45, 2.75) is 26.6 Å². The van der Waals surface area contributed by atoms with Crippen LogP contribution < -0.4 is 10.2 Å². The quantitative estimate of drug-likeness (QED) is 0.696. The summed E-state index contributed by atoms with van der Waals surface area (Å²) in [7, 11) is 3.32. The molecule has 140 valence electrons. The Morgan fingerprint density at radius 2 is 2.11 bits per heavy atom. The fourth-order valence-electron chi connectivity index (χ4n) is 3.38. The van der Waals surface area contributed by atoms with Gasteiger partial charge in [-0.1, -0.05) is 11.6 Å². The van der Waals surface area contributed by atoms with Gasteiger partial charge in [0, 0.05) is 18.6 Å². The summed E-state index contributed by atoms with van der Waals surface area (Å²) < 4.78 is 6.80. The molecule has 0 saturated carbocycles. The Labute approximate surface area is 161 Å². The maximum Gasteiger partial charge on any atom is 0.356 e. The number of hydrogen-bond donors (Lipinski definition) is 1. The molecule has 0 aliphatic carbocycles. The molecule has 0 bridgehead atoms. The van der Waals surface area contributed by atoms with Crippen molar-refractivity contribution in [1.82, 2.24) is 14.5 Å². The lowest BCUT2D eigenvalue weighted by Gasteiger charge is -2.23. The number of aromatic nitrogens is 3. The first-order valence-electron chi connectivity index (χ1n) is 8.63. The van der Waals surface area contributed by atoms with E-state index in [1.54, 1.807) is 6.07 Å². The third kappa shape index (κ3) is 2.88. The summed E-state index contributed by atoms with van der Waals surface area (Å²) in [5.41, 5.74) is 4.01. The summed E-state index contributed by atoms with van der Waals surface area (Å²) in [6, 6.07) is 7.46. The lowest BCUT2D eigenvalue weighted by molar-refractivity contribution is 0.0594. The highest BCUT2D eigenvalue weighted by atomic mass is 35.5. The van der Waals surface area contributed by atoms with E-state index in [4.69, 9.17) is 16.3 Å². The topological polar surface area (TPSA) is 72.3 Å². The number of esters is 1. The van der Waals surface area contributed by atoms with E-state index in [0.717, 1.165) is 28.1 Å². The van der Waals surface area contributed by atoms with Gasteiger partial charge in [0.25, 0.3) is 0 Å². The van der Waals surface area contributed by atoms with Crippen molar-refractivity contribution in [2.75, 3.05) is 17.3 Å². The van der Waals surface area contributed by atoms with Crippen LogP contribution in [-0.2, 0) is 18.3 Å². The molecule has 4 rings (SSSR count). The molecule has 7 nitrogen and oxygen atoms in total. The number of imidazole rings is 1. The van der Waals surface area contributed by atoms with Gasteiger partial charge in [-0.15, -0.1) is 0 Å². The van der Waals surface area contributed by atoms with Crippen molar-refractivity contribution in [2.24, 2.45) is 7.05 Å². The molecule has 1 aliphatic heterocycles. The molecule has 0 spiro atoms. The Balaban J connectivity index is 1.72.